The van der Waals surface area contributed by atoms with Gasteiger partial charge in [-0.3, -0.25) is 4.43 Å². The van der Waals surface area contributed by atoms with Gasteiger partial charge in [0.2, 0.25) is 0 Å². The Morgan fingerprint density at radius 3 is 1.09 bits per heavy atom. The van der Waals surface area contributed by atoms with E-state index in [0.29, 0.717) is 39.5 Å². The van der Waals surface area contributed by atoms with Crippen molar-refractivity contribution in [2.75, 3.05) is 33.0 Å². The lowest BCUT2D eigenvalue weighted by molar-refractivity contribution is -0.367. The lowest BCUT2D eigenvalue weighted by atomic mass is 10.0. The van der Waals surface area contributed by atoms with Crippen molar-refractivity contribution < 1.29 is 27.2 Å². The fourth-order valence-electron chi connectivity index (χ4n) is 4.38. The van der Waals surface area contributed by atoms with Crippen molar-refractivity contribution in [3.8, 4) is 0 Å². The Kier molecular flexibility index (Phi) is 24.3. The van der Waals surface area contributed by atoms with Crippen molar-refractivity contribution in [2.24, 2.45) is 0 Å². The summed E-state index contributed by atoms with van der Waals surface area (Å²) in [5.74, 6) is -1.19. The van der Waals surface area contributed by atoms with Crippen LogP contribution in [-0.2, 0) is 27.2 Å². The molecule has 0 unspecified atom stereocenters. The van der Waals surface area contributed by atoms with Crippen LogP contribution < -0.4 is 0 Å². The predicted molar refractivity (Wildman–Crippen MR) is 147 cm³/mol. The molecule has 0 fully saturated rings. The van der Waals surface area contributed by atoms with Crippen LogP contribution in [0.2, 0.25) is 0 Å². The third-order valence-electron chi connectivity index (χ3n) is 6.06. The van der Waals surface area contributed by atoms with Gasteiger partial charge < -0.3 is 22.8 Å². The van der Waals surface area contributed by atoms with Crippen LogP contribution in [0, 0.1) is 0 Å². The van der Waals surface area contributed by atoms with Crippen molar-refractivity contribution >= 4 is 9.05 Å². The van der Waals surface area contributed by atoms with Gasteiger partial charge in [0, 0.05) is 39.5 Å². The Hall–Kier alpha value is -0.0231. The van der Waals surface area contributed by atoms with E-state index in [1.165, 1.54) is 83.5 Å². The van der Waals surface area contributed by atoms with Gasteiger partial charge in [0.15, 0.2) is 0 Å². The molecular formula is C28H60O6Si. The first kappa shape index (κ1) is 35.0. The average molecular weight is 521 g/mol. The molecule has 0 aromatic carbocycles. The molecule has 0 aliphatic heterocycles. The molecular weight excluding hydrogens is 460 g/mol. The van der Waals surface area contributed by atoms with Crippen LogP contribution in [0.15, 0.2) is 0 Å². The minimum atomic E-state index is -3.36. The molecule has 212 valence electrons. The zero-order valence-corrected chi connectivity index (χ0v) is 25.3. The molecule has 0 spiro atoms. The molecule has 0 saturated carbocycles. The maximum absolute atomic E-state index is 6.37. The molecule has 0 atom stereocenters. The van der Waals surface area contributed by atoms with Crippen LogP contribution in [0.3, 0.4) is 0 Å². The Balaban J connectivity index is 4.33. The van der Waals surface area contributed by atoms with E-state index in [9.17, 15) is 0 Å². The number of rotatable bonds is 28. The molecule has 0 saturated heterocycles. The van der Waals surface area contributed by atoms with E-state index in [0.717, 1.165) is 12.8 Å². The fourth-order valence-corrected chi connectivity index (χ4v) is 6.47. The van der Waals surface area contributed by atoms with Gasteiger partial charge in [0.05, 0.1) is 0 Å². The van der Waals surface area contributed by atoms with E-state index >= 15 is 0 Å². The highest BCUT2D eigenvalue weighted by atomic mass is 28.4. The van der Waals surface area contributed by atoms with Gasteiger partial charge >= 0.3 is 9.05 Å². The number of unbranched alkanes of at least 4 members (excludes halogenated alkanes) is 14. The van der Waals surface area contributed by atoms with Gasteiger partial charge in [-0.15, -0.1) is 0 Å². The lowest BCUT2D eigenvalue weighted by Crippen LogP contribution is -2.57. The standard InChI is InChI=1S/C28H60O6Si/c1-7-13-14-15-16-17-18-19-20-21-22-23-24-25-26-27-28(29-8-2,30-9-3)34-35(31-10-4,32-11-5)33-12-6/h7-27H2,1-6H3. The van der Waals surface area contributed by atoms with Gasteiger partial charge in [0.25, 0.3) is 5.97 Å². The molecule has 0 aromatic rings. The van der Waals surface area contributed by atoms with Crippen molar-refractivity contribution in [1.29, 1.82) is 0 Å². The Bertz CT molecular complexity index is 415. The number of ether oxygens (including phenoxy) is 2. The van der Waals surface area contributed by atoms with E-state index in [2.05, 4.69) is 6.92 Å². The number of hydrogen-bond acceptors (Lipinski definition) is 6. The molecule has 0 radical (unpaired) electrons. The quantitative estimate of drug-likeness (QED) is 0.0585. The van der Waals surface area contributed by atoms with Crippen LogP contribution in [0.4, 0.5) is 0 Å². The maximum atomic E-state index is 6.37. The monoisotopic (exact) mass is 520 g/mol. The molecule has 0 heterocycles. The SMILES string of the molecule is CCCCCCCCCCCCCCCCCC(OCC)(OCC)O[Si](OCC)(OCC)OCC. The second-order valence-electron chi connectivity index (χ2n) is 9.15. The maximum Gasteiger partial charge on any atom is 0.683 e. The Labute approximate surface area is 219 Å². The Morgan fingerprint density at radius 2 is 0.771 bits per heavy atom. The summed E-state index contributed by atoms with van der Waals surface area (Å²) >= 11 is 0. The Morgan fingerprint density at radius 1 is 0.429 bits per heavy atom. The largest absolute Gasteiger partial charge is 0.683 e. The van der Waals surface area contributed by atoms with Crippen LogP contribution >= 0.6 is 0 Å². The molecule has 0 bridgehead atoms. The highest BCUT2D eigenvalue weighted by Crippen LogP contribution is 2.30. The summed E-state index contributed by atoms with van der Waals surface area (Å²) < 4.78 is 36.1. The van der Waals surface area contributed by atoms with E-state index < -0.39 is 15.0 Å². The molecule has 6 nitrogen and oxygen atoms in total. The first-order valence-corrected chi connectivity index (χ1v) is 16.6. The summed E-state index contributed by atoms with van der Waals surface area (Å²) in [6, 6.07) is 0. The average Bonchev–Trinajstić information content (AvgIpc) is 2.82. The van der Waals surface area contributed by atoms with E-state index in [4.69, 9.17) is 27.2 Å². The molecule has 0 aliphatic carbocycles. The normalized spacial score (nSPS) is 12.5. The van der Waals surface area contributed by atoms with Gasteiger partial charge in [-0.05, 0) is 41.0 Å². The van der Waals surface area contributed by atoms with Gasteiger partial charge in [-0.25, -0.2) is 0 Å². The predicted octanol–water partition coefficient (Wildman–Crippen LogP) is 8.54. The zero-order valence-electron chi connectivity index (χ0n) is 24.3. The molecule has 35 heavy (non-hydrogen) atoms. The van der Waals surface area contributed by atoms with Gasteiger partial charge in [-0.2, -0.15) is 0 Å². The highest BCUT2D eigenvalue weighted by molar-refractivity contribution is 6.53. The van der Waals surface area contributed by atoms with Crippen molar-refractivity contribution in [3.63, 3.8) is 0 Å². The van der Waals surface area contributed by atoms with Crippen LogP contribution in [0.5, 0.6) is 0 Å². The zero-order chi connectivity index (χ0) is 26.1. The smallest absolute Gasteiger partial charge is 0.351 e. The minimum Gasteiger partial charge on any atom is -0.351 e. The van der Waals surface area contributed by atoms with Crippen molar-refractivity contribution in [3.05, 3.63) is 0 Å². The van der Waals surface area contributed by atoms with Gasteiger partial charge in [0.1, 0.15) is 0 Å². The molecule has 7 heteroatoms. The second kappa shape index (κ2) is 24.3. The summed E-state index contributed by atoms with van der Waals surface area (Å²) in [5.41, 5.74) is 0. The summed E-state index contributed by atoms with van der Waals surface area (Å²) in [4.78, 5) is 0. The molecule has 0 N–H and O–H groups in total. The van der Waals surface area contributed by atoms with Crippen LogP contribution in [0.25, 0.3) is 0 Å². The fraction of sp³-hybridized carbons (Fsp3) is 1.00. The first-order valence-electron chi connectivity index (χ1n) is 15.0. The molecule has 0 amide bonds. The second-order valence-corrected chi connectivity index (χ2v) is 11.2. The summed E-state index contributed by atoms with van der Waals surface area (Å²) in [5, 5.41) is 0. The summed E-state index contributed by atoms with van der Waals surface area (Å²) in [7, 11) is -3.36. The molecule has 0 rings (SSSR count). The molecule has 0 aliphatic rings. The molecule has 0 aromatic heterocycles. The highest BCUT2D eigenvalue weighted by Gasteiger charge is 2.53. The third-order valence-corrected chi connectivity index (χ3v) is 8.55. The third kappa shape index (κ3) is 18.0. The lowest BCUT2D eigenvalue weighted by Gasteiger charge is -2.38. The van der Waals surface area contributed by atoms with Crippen molar-refractivity contribution in [2.45, 2.75) is 150 Å². The van der Waals surface area contributed by atoms with E-state index in [-0.39, 0.29) is 0 Å². The van der Waals surface area contributed by atoms with Crippen LogP contribution in [0.1, 0.15) is 144 Å². The summed E-state index contributed by atoms with van der Waals surface area (Å²) in [6.45, 7) is 14.2. The van der Waals surface area contributed by atoms with Gasteiger partial charge in [-0.1, -0.05) is 96.8 Å². The van der Waals surface area contributed by atoms with Crippen molar-refractivity contribution in [1.82, 2.24) is 0 Å². The minimum absolute atomic E-state index is 0.444. The number of hydrogen-bond donors (Lipinski definition) is 0. The summed E-state index contributed by atoms with van der Waals surface area (Å²) in [6.07, 6.45) is 20.6. The first-order chi connectivity index (χ1) is 17.1. The van der Waals surface area contributed by atoms with E-state index in [1.54, 1.807) is 0 Å². The van der Waals surface area contributed by atoms with Crippen LogP contribution in [-0.4, -0.2) is 48.1 Å². The van der Waals surface area contributed by atoms with E-state index in [1.807, 2.05) is 34.6 Å². The topological polar surface area (TPSA) is 55.4 Å².